The Kier molecular flexibility index (Phi) is 6.48. The van der Waals surface area contributed by atoms with Gasteiger partial charge in [0.15, 0.2) is 11.5 Å². The minimum absolute atomic E-state index is 0.108. The summed E-state index contributed by atoms with van der Waals surface area (Å²) in [6.45, 7) is 2.12. The van der Waals surface area contributed by atoms with E-state index in [0.717, 1.165) is 0 Å². The van der Waals surface area contributed by atoms with Gasteiger partial charge < -0.3 is 9.84 Å². The molecule has 0 saturated carbocycles. The Balaban J connectivity index is 2.23. The lowest BCUT2D eigenvalue weighted by atomic mass is 10.2. The molecular formula is C16H13BrCl2N2O3. The monoisotopic (exact) mass is 430 g/mol. The van der Waals surface area contributed by atoms with Gasteiger partial charge in [0.25, 0.3) is 5.91 Å². The third kappa shape index (κ3) is 4.20. The minimum atomic E-state index is -0.415. The lowest BCUT2D eigenvalue weighted by Gasteiger charge is -2.10. The molecule has 0 aliphatic rings. The highest BCUT2D eigenvalue weighted by atomic mass is 79.9. The smallest absolute Gasteiger partial charge is 0.272 e. The predicted molar refractivity (Wildman–Crippen MR) is 98.5 cm³/mol. The van der Waals surface area contributed by atoms with E-state index in [4.69, 9.17) is 27.9 Å². The highest BCUT2D eigenvalue weighted by Crippen LogP contribution is 2.39. The zero-order valence-corrected chi connectivity index (χ0v) is 15.6. The third-order valence-electron chi connectivity index (χ3n) is 2.97. The van der Waals surface area contributed by atoms with Gasteiger partial charge in [0.2, 0.25) is 0 Å². The van der Waals surface area contributed by atoms with Crippen molar-refractivity contribution < 1.29 is 14.6 Å². The molecule has 126 valence electrons. The number of phenolic OH excluding ortho intramolecular Hbond substituents is 1. The number of hydrogen-bond acceptors (Lipinski definition) is 4. The van der Waals surface area contributed by atoms with Gasteiger partial charge in [-0.1, -0.05) is 35.3 Å². The van der Waals surface area contributed by atoms with E-state index in [1.165, 1.54) is 12.3 Å². The number of hydrazone groups is 1. The quantitative estimate of drug-likeness (QED) is 0.535. The first-order chi connectivity index (χ1) is 11.5. The largest absolute Gasteiger partial charge is 0.504 e. The van der Waals surface area contributed by atoms with Crippen LogP contribution in [0.1, 0.15) is 22.8 Å². The van der Waals surface area contributed by atoms with Gasteiger partial charge in [-0.25, -0.2) is 5.43 Å². The maximum Gasteiger partial charge on any atom is 0.272 e. The first-order valence-electron chi connectivity index (χ1n) is 6.87. The summed E-state index contributed by atoms with van der Waals surface area (Å²) in [5, 5.41) is 14.3. The molecule has 0 aliphatic heterocycles. The summed E-state index contributed by atoms with van der Waals surface area (Å²) in [5.41, 5.74) is 2.94. The standard InChI is InChI=1S/C16H13BrCl2N2O3/c1-2-24-13-7-12(18)14(19)10(15(13)22)8-20-21-16(23)9-5-3-4-6-11(9)17/h3-8,22H,2H2,1H3,(H,21,23). The van der Waals surface area contributed by atoms with Crippen LogP contribution in [0.4, 0.5) is 0 Å². The summed E-state index contributed by atoms with van der Waals surface area (Å²) in [5.74, 6) is -0.433. The van der Waals surface area contributed by atoms with Crippen LogP contribution in [0.2, 0.25) is 10.0 Å². The van der Waals surface area contributed by atoms with Gasteiger partial charge in [0, 0.05) is 10.5 Å². The molecule has 1 amide bonds. The van der Waals surface area contributed by atoms with Crippen LogP contribution in [0.15, 0.2) is 39.9 Å². The van der Waals surface area contributed by atoms with E-state index in [-0.39, 0.29) is 27.1 Å². The van der Waals surface area contributed by atoms with E-state index in [1.807, 2.05) is 0 Å². The van der Waals surface area contributed by atoms with Gasteiger partial charge in [-0.05, 0) is 35.0 Å². The maximum absolute atomic E-state index is 12.1. The Hall–Kier alpha value is -1.76. The van der Waals surface area contributed by atoms with Crippen LogP contribution in [-0.2, 0) is 0 Å². The highest BCUT2D eigenvalue weighted by molar-refractivity contribution is 9.10. The van der Waals surface area contributed by atoms with Crippen molar-refractivity contribution in [2.75, 3.05) is 6.61 Å². The third-order valence-corrected chi connectivity index (χ3v) is 4.46. The van der Waals surface area contributed by atoms with Crippen LogP contribution in [0.3, 0.4) is 0 Å². The first kappa shape index (κ1) is 18.6. The van der Waals surface area contributed by atoms with Crippen LogP contribution in [-0.4, -0.2) is 23.8 Å². The lowest BCUT2D eigenvalue weighted by molar-refractivity contribution is 0.0954. The average molecular weight is 432 g/mol. The first-order valence-corrected chi connectivity index (χ1v) is 8.42. The molecule has 0 radical (unpaired) electrons. The molecule has 8 heteroatoms. The van der Waals surface area contributed by atoms with Gasteiger partial charge in [-0.2, -0.15) is 5.10 Å². The van der Waals surface area contributed by atoms with Gasteiger partial charge in [0.1, 0.15) is 0 Å². The topological polar surface area (TPSA) is 70.9 Å². The minimum Gasteiger partial charge on any atom is -0.504 e. The molecular weight excluding hydrogens is 419 g/mol. The van der Waals surface area contributed by atoms with Crippen molar-refractivity contribution >= 4 is 51.3 Å². The van der Waals surface area contributed by atoms with E-state index < -0.39 is 5.91 Å². The van der Waals surface area contributed by atoms with Crippen LogP contribution >= 0.6 is 39.1 Å². The number of aromatic hydroxyl groups is 1. The average Bonchev–Trinajstić information content (AvgIpc) is 2.56. The number of amides is 1. The second-order valence-electron chi connectivity index (χ2n) is 4.54. The van der Waals surface area contributed by atoms with Crippen molar-refractivity contribution in [3.63, 3.8) is 0 Å². The fourth-order valence-corrected chi connectivity index (χ4v) is 2.72. The van der Waals surface area contributed by atoms with E-state index in [0.29, 0.717) is 16.6 Å². The number of halogens is 3. The number of nitrogens with one attached hydrogen (secondary N) is 1. The van der Waals surface area contributed by atoms with Crippen LogP contribution in [0.5, 0.6) is 11.5 Å². The predicted octanol–water partition coefficient (Wildman–Crippen LogP) is 4.62. The number of hydrogen-bond donors (Lipinski definition) is 2. The molecule has 0 heterocycles. The number of nitrogens with zero attached hydrogens (tertiary/aromatic N) is 1. The Morgan fingerprint density at radius 1 is 1.42 bits per heavy atom. The van der Waals surface area contributed by atoms with E-state index in [1.54, 1.807) is 31.2 Å². The van der Waals surface area contributed by atoms with Gasteiger partial charge in [0.05, 0.1) is 34.0 Å². The molecule has 0 bridgehead atoms. The van der Waals surface area contributed by atoms with Crippen LogP contribution < -0.4 is 10.2 Å². The molecule has 2 aromatic carbocycles. The summed E-state index contributed by atoms with van der Waals surface area (Å²) in [6.07, 6.45) is 1.21. The number of carbonyl (C=O) groups is 1. The summed E-state index contributed by atoms with van der Waals surface area (Å²) in [6, 6.07) is 8.33. The van der Waals surface area contributed by atoms with Gasteiger partial charge >= 0.3 is 0 Å². The molecule has 0 aromatic heterocycles. The number of rotatable bonds is 5. The molecule has 5 nitrogen and oxygen atoms in total. The van der Waals surface area contributed by atoms with Gasteiger partial charge in [-0.15, -0.1) is 0 Å². The van der Waals surface area contributed by atoms with E-state index in [9.17, 15) is 9.90 Å². The molecule has 24 heavy (non-hydrogen) atoms. The number of carbonyl (C=O) groups excluding carboxylic acids is 1. The Morgan fingerprint density at radius 3 is 2.79 bits per heavy atom. The van der Waals surface area contributed by atoms with Crippen LogP contribution in [0, 0.1) is 0 Å². The second kappa shape index (κ2) is 8.37. The molecule has 0 saturated heterocycles. The Morgan fingerprint density at radius 2 is 2.12 bits per heavy atom. The zero-order chi connectivity index (χ0) is 17.7. The van der Waals surface area contributed by atoms with Gasteiger partial charge in [-0.3, -0.25) is 4.79 Å². The fourth-order valence-electron chi connectivity index (χ4n) is 1.86. The summed E-state index contributed by atoms with van der Waals surface area (Å²) < 4.78 is 5.92. The Bertz CT molecular complexity index is 797. The molecule has 2 rings (SSSR count). The number of benzene rings is 2. The molecule has 2 N–H and O–H groups in total. The molecule has 0 spiro atoms. The van der Waals surface area contributed by atoms with Crippen molar-refractivity contribution in [3.05, 3.63) is 56.0 Å². The SMILES string of the molecule is CCOc1cc(Cl)c(Cl)c(C=NNC(=O)c2ccccc2Br)c1O. The molecule has 2 aromatic rings. The molecule has 0 aliphatic carbocycles. The van der Waals surface area contributed by atoms with E-state index in [2.05, 4.69) is 26.5 Å². The van der Waals surface area contributed by atoms with Crippen molar-refractivity contribution in [1.29, 1.82) is 0 Å². The number of phenols is 1. The summed E-state index contributed by atoms with van der Waals surface area (Å²) in [4.78, 5) is 12.1. The zero-order valence-electron chi connectivity index (χ0n) is 12.5. The highest BCUT2D eigenvalue weighted by Gasteiger charge is 2.15. The van der Waals surface area contributed by atoms with Crippen molar-refractivity contribution in [2.45, 2.75) is 6.92 Å². The van der Waals surface area contributed by atoms with Crippen LogP contribution in [0.25, 0.3) is 0 Å². The fraction of sp³-hybridized carbons (Fsp3) is 0.125. The normalized spacial score (nSPS) is 10.8. The Labute approximate surface area is 157 Å². The molecule has 0 unspecified atom stereocenters. The molecule has 0 atom stereocenters. The summed E-state index contributed by atoms with van der Waals surface area (Å²) in [7, 11) is 0. The van der Waals surface area contributed by atoms with Crippen molar-refractivity contribution in [3.8, 4) is 11.5 Å². The van der Waals surface area contributed by atoms with E-state index >= 15 is 0 Å². The van der Waals surface area contributed by atoms with Crippen molar-refractivity contribution in [1.82, 2.24) is 5.43 Å². The molecule has 0 fully saturated rings. The second-order valence-corrected chi connectivity index (χ2v) is 6.18. The maximum atomic E-state index is 12.1. The number of ether oxygens (including phenoxy) is 1. The summed E-state index contributed by atoms with van der Waals surface area (Å²) >= 11 is 15.4. The van der Waals surface area contributed by atoms with Crippen molar-refractivity contribution in [2.24, 2.45) is 5.10 Å². The lowest BCUT2D eigenvalue weighted by Crippen LogP contribution is -2.18.